The number of aryl methyl sites for hydroxylation is 1. The van der Waals surface area contributed by atoms with Crippen LogP contribution in [0.3, 0.4) is 0 Å². The normalized spacial score (nSPS) is 13.0. The predicted molar refractivity (Wildman–Crippen MR) is 48.0 cm³/mol. The van der Waals surface area contributed by atoms with Gasteiger partial charge in [0, 0.05) is 24.2 Å². The van der Waals surface area contributed by atoms with Crippen LogP contribution in [-0.4, -0.2) is 30.4 Å². The number of nitrogens with one attached hydrogen (secondary N) is 1. The van der Waals surface area contributed by atoms with E-state index >= 15 is 0 Å². The third-order valence-corrected chi connectivity index (χ3v) is 1.90. The molecule has 3 N–H and O–H groups in total. The summed E-state index contributed by atoms with van der Waals surface area (Å²) in [6, 6.07) is -0.141. The van der Waals surface area contributed by atoms with Crippen molar-refractivity contribution in [3.05, 3.63) is 23.8 Å². The molecule has 7 nitrogen and oxygen atoms in total. The van der Waals surface area contributed by atoms with Gasteiger partial charge in [-0.25, -0.2) is 0 Å². The quantitative estimate of drug-likeness (QED) is 0.663. The summed E-state index contributed by atoms with van der Waals surface area (Å²) in [5.41, 5.74) is 6.85. The van der Waals surface area contributed by atoms with Gasteiger partial charge in [0.15, 0.2) is 5.82 Å². The fraction of sp³-hybridized carbons (Fsp3) is 0.429. The Bertz CT molecular complexity index is 390. The fourth-order valence-electron chi connectivity index (χ4n) is 1.18. The molecule has 0 radical (unpaired) electrons. The molecular weight excluding hydrogens is 182 g/mol. The molecule has 0 fully saturated rings. The van der Waals surface area contributed by atoms with Crippen molar-refractivity contribution in [2.45, 2.75) is 12.5 Å². The Morgan fingerprint density at radius 2 is 2.50 bits per heavy atom. The number of hydrogen-bond donors (Lipinski definition) is 2. The molecule has 0 saturated heterocycles. The first-order chi connectivity index (χ1) is 6.75. The summed E-state index contributed by atoms with van der Waals surface area (Å²) in [7, 11) is 1.72. The Balaban J connectivity index is 2.05. The minimum Gasteiger partial charge on any atom is -0.323 e. The van der Waals surface area contributed by atoms with E-state index in [9.17, 15) is 0 Å². The van der Waals surface area contributed by atoms with Gasteiger partial charge in [-0.15, -0.1) is 10.2 Å². The molecule has 0 aliphatic heterocycles. The Labute approximate surface area is 80.3 Å². The Morgan fingerprint density at radius 1 is 1.64 bits per heavy atom. The Kier molecular flexibility index (Phi) is 2.23. The number of nitrogens with zero attached hydrogens (tertiary/aromatic N) is 5. The topological polar surface area (TPSA) is 98.3 Å². The van der Waals surface area contributed by atoms with Gasteiger partial charge in [0.2, 0.25) is 0 Å². The van der Waals surface area contributed by atoms with Gasteiger partial charge in [-0.2, -0.15) is 9.90 Å². The standard InChI is InChI=1S/C7H11N7/c1-14-12-7(11-13-14)2-6(8)5-3-9-10-4-5/h3-4,6H,2,8H2,1H3,(H,9,10). The van der Waals surface area contributed by atoms with Crippen molar-refractivity contribution in [1.29, 1.82) is 0 Å². The third kappa shape index (κ3) is 1.77. The monoisotopic (exact) mass is 193 g/mol. The SMILES string of the molecule is Cn1nnc(CC(N)c2cn[nH]c2)n1. The second-order valence-corrected chi connectivity index (χ2v) is 3.04. The molecule has 1 atom stereocenters. The molecule has 0 spiro atoms. The summed E-state index contributed by atoms with van der Waals surface area (Å²) in [5, 5.41) is 18.2. The molecule has 2 aromatic heterocycles. The van der Waals surface area contributed by atoms with Crippen molar-refractivity contribution >= 4 is 0 Å². The van der Waals surface area contributed by atoms with Crippen LogP contribution in [0, 0.1) is 0 Å². The Morgan fingerprint density at radius 3 is 3.07 bits per heavy atom. The zero-order valence-corrected chi connectivity index (χ0v) is 7.75. The number of H-pyrrole nitrogens is 1. The third-order valence-electron chi connectivity index (χ3n) is 1.90. The van der Waals surface area contributed by atoms with E-state index in [-0.39, 0.29) is 6.04 Å². The molecule has 2 rings (SSSR count). The van der Waals surface area contributed by atoms with Crippen molar-refractivity contribution in [1.82, 2.24) is 30.4 Å². The van der Waals surface area contributed by atoms with Crippen molar-refractivity contribution in [2.75, 3.05) is 0 Å². The summed E-state index contributed by atoms with van der Waals surface area (Å²) in [4.78, 5) is 1.41. The van der Waals surface area contributed by atoms with Crippen LogP contribution in [0.5, 0.6) is 0 Å². The lowest BCUT2D eigenvalue weighted by atomic mass is 10.1. The van der Waals surface area contributed by atoms with Crippen molar-refractivity contribution in [3.63, 3.8) is 0 Å². The molecule has 7 heteroatoms. The molecule has 2 heterocycles. The minimum atomic E-state index is -0.141. The van der Waals surface area contributed by atoms with Crippen molar-refractivity contribution in [2.24, 2.45) is 12.8 Å². The maximum atomic E-state index is 5.90. The molecule has 0 saturated carbocycles. The maximum absolute atomic E-state index is 5.90. The average molecular weight is 193 g/mol. The average Bonchev–Trinajstić information content (AvgIpc) is 2.75. The first-order valence-corrected chi connectivity index (χ1v) is 4.23. The molecule has 0 bridgehead atoms. The van der Waals surface area contributed by atoms with Crippen LogP contribution in [0.1, 0.15) is 17.4 Å². The van der Waals surface area contributed by atoms with Crippen LogP contribution in [0.4, 0.5) is 0 Å². The minimum absolute atomic E-state index is 0.141. The predicted octanol–water partition coefficient (Wildman–Crippen LogP) is -0.824. The van der Waals surface area contributed by atoms with Gasteiger partial charge in [-0.1, -0.05) is 0 Å². The van der Waals surface area contributed by atoms with Gasteiger partial charge in [0.05, 0.1) is 13.2 Å². The Hall–Kier alpha value is -1.76. The second kappa shape index (κ2) is 3.54. The second-order valence-electron chi connectivity index (χ2n) is 3.04. The summed E-state index contributed by atoms with van der Waals surface area (Å²) in [5.74, 6) is 0.640. The molecule has 2 aromatic rings. The molecule has 0 aliphatic rings. The van der Waals surface area contributed by atoms with Crippen LogP contribution in [0.2, 0.25) is 0 Å². The van der Waals surface area contributed by atoms with Crippen LogP contribution < -0.4 is 5.73 Å². The number of aromatic nitrogens is 6. The number of tetrazole rings is 1. The lowest BCUT2D eigenvalue weighted by Crippen LogP contribution is -2.13. The summed E-state index contributed by atoms with van der Waals surface area (Å²) in [6.07, 6.45) is 4.02. The van der Waals surface area contributed by atoms with Crippen molar-refractivity contribution in [3.8, 4) is 0 Å². The molecule has 14 heavy (non-hydrogen) atoms. The van der Waals surface area contributed by atoms with Crippen LogP contribution in [0.25, 0.3) is 0 Å². The van der Waals surface area contributed by atoms with Gasteiger partial charge in [0.25, 0.3) is 0 Å². The van der Waals surface area contributed by atoms with E-state index in [0.29, 0.717) is 12.2 Å². The van der Waals surface area contributed by atoms with Gasteiger partial charge in [0.1, 0.15) is 0 Å². The largest absolute Gasteiger partial charge is 0.323 e. The highest BCUT2D eigenvalue weighted by atomic mass is 15.6. The van der Waals surface area contributed by atoms with Gasteiger partial charge in [-0.3, -0.25) is 5.10 Å². The van der Waals surface area contributed by atoms with Gasteiger partial charge < -0.3 is 5.73 Å². The smallest absolute Gasteiger partial charge is 0.176 e. The maximum Gasteiger partial charge on any atom is 0.176 e. The zero-order valence-electron chi connectivity index (χ0n) is 7.75. The van der Waals surface area contributed by atoms with E-state index in [0.717, 1.165) is 5.56 Å². The molecule has 74 valence electrons. The number of nitrogens with two attached hydrogens (primary N) is 1. The highest BCUT2D eigenvalue weighted by Gasteiger charge is 2.11. The molecule has 0 aliphatic carbocycles. The van der Waals surface area contributed by atoms with Crippen molar-refractivity contribution < 1.29 is 0 Å². The van der Waals surface area contributed by atoms with E-state index in [1.165, 1.54) is 4.80 Å². The van der Waals surface area contributed by atoms with Crippen LogP contribution in [-0.2, 0) is 13.5 Å². The molecular formula is C7H11N7. The lowest BCUT2D eigenvalue weighted by molar-refractivity contribution is 0.622. The summed E-state index contributed by atoms with van der Waals surface area (Å²) >= 11 is 0. The molecule has 1 unspecified atom stereocenters. The van der Waals surface area contributed by atoms with Crippen LogP contribution >= 0.6 is 0 Å². The van der Waals surface area contributed by atoms with E-state index in [1.807, 2.05) is 0 Å². The van der Waals surface area contributed by atoms with Gasteiger partial charge in [-0.05, 0) is 5.21 Å². The summed E-state index contributed by atoms with van der Waals surface area (Å²) in [6.45, 7) is 0. The molecule has 0 aromatic carbocycles. The number of aromatic amines is 1. The lowest BCUT2D eigenvalue weighted by Gasteiger charge is -2.04. The zero-order chi connectivity index (χ0) is 9.97. The number of hydrogen-bond acceptors (Lipinski definition) is 5. The van der Waals surface area contributed by atoms with Crippen LogP contribution in [0.15, 0.2) is 12.4 Å². The van der Waals surface area contributed by atoms with E-state index in [2.05, 4.69) is 25.6 Å². The highest BCUT2D eigenvalue weighted by molar-refractivity contribution is 5.10. The first kappa shape index (κ1) is 8.82. The summed E-state index contributed by atoms with van der Waals surface area (Å²) < 4.78 is 0. The number of rotatable bonds is 3. The highest BCUT2D eigenvalue weighted by Crippen LogP contribution is 2.10. The van der Waals surface area contributed by atoms with E-state index in [4.69, 9.17) is 5.73 Å². The first-order valence-electron chi connectivity index (χ1n) is 4.23. The fourth-order valence-corrected chi connectivity index (χ4v) is 1.18. The van der Waals surface area contributed by atoms with E-state index in [1.54, 1.807) is 19.4 Å². The molecule has 0 amide bonds. The van der Waals surface area contributed by atoms with E-state index < -0.39 is 0 Å². The van der Waals surface area contributed by atoms with Gasteiger partial charge >= 0.3 is 0 Å².